The van der Waals surface area contributed by atoms with Crippen molar-refractivity contribution in [2.24, 2.45) is 5.92 Å². The molecule has 1 aromatic carbocycles. The highest BCUT2D eigenvalue weighted by Crippen LogP contribution is 2.28. The first-order chi connectivity index (χ1) is 16.1. The Labute approximate surface area is 196 Å². The summed E-state index contributed by atoms with van der Waals surface area (Å²) in [4.78, 5) is 40.4. The fourth-order valence-electron chi connectivity index (χ4n) is 5.19. The van der Waals surface area contributed by atoms with Crippen molar-refractivity contribution in [1.82, 2.24) is 9.80 Å². The van der Waals surface area contributed by atoms with Gasteiger partial charge in [-0.15, -0.1) is 0 Å². The Kier molecular flexibility index (Phi) is 8.24. The number of fused-ring (bicyclic) bond motifs is 1. The summed E-state index contributed by atoms with van der Waals surface area (Å²) in [5, 5.41) is 2.87. The van der Waals surface area contributed by atoms with E-state index < -0.39 is 0 Å². The Hall–Kier alpha value is -2.57. The second kappa shape index (κ2) is 11.5. The van der Waals surface area contributed by atoms with Crippen molar-refractivity contribution in [3.8, 4) is 5.75 Å². The minimum Gasteiger partial charge on any atom is -0.494 e. The monoisotopic (exact) mass is 455 g/mol. The molecule has 180 valence electrons. The third-order valence-corrected chi connectivity index (χ3v) is 7.25. The van der Waals surface area contributed by atoms with Crippen LogP contribution in [0.1, 0.15) is 69.8 Å². The number of carbonyl (C=O) groups excluding carboxylic acids is 3. The van der Waals surface area contributed by atoms with E-state index in [1.165, 1.54) is 32.1 Å². The van der Waals surface area contributed by atoms with Gasteiger partial charge in [0, 0.05) is 51.1 Å². The van der Waals surface area contributed by atoms with E-state index in [1.807, 2.05) is 28.0 Å². The van der Waals surface area contributed by atoms with E-state index in [-0.39, 0.29) is 17.7 Å². The maximum absolute atomic E-state index is 12.6. The highest BCUT2D eigenvalue weighted by atomic mass is 16.5. The summed E-state index contributed by atoms with van der Waals surface area (Å²) in [6.45, 7) is 3.04. The van der Waals surface area contributed by atoms with E-state index in [0.717, 1.165) is 35.8 Å². The number of ether oxygens (including phenoxy) is 1. The highest BCUT2D eigenvalue weighted by molar-refractivity contribution is 5.94. The van der Waals surface area contributed by atoms with Crippen LogP contribution in [-0.2, 0) is 20.8 Å². The van der Waals surface area contributed by atoms with Crippen LogP contribution in [0.2, 0.25) is 0 Å². The van der Waals surface area contributed by atoms with Gasteiger partial charge in [0.15, 0.2) is 0 Å². The van der Waals surface area contributed by atoms with Gasteiger partial charge in [-0.05, 0) is 48.9 Å². The molecule has 33 heavy (non-hydrogen) atoms. The molecule has 0 spiro atoms. The largest absolute Gasteiger partial charge is 0.494 e. The van der Waals surface area contributed by atoms with E-state index >= 15 is 0 Å². The summed E-state index contributed by atoms with van der Waals surface area (Å²) in [6, 6.07) is 5.71. The lowest BCUT2D eigenvalue weighted by Crippen LogP contribution is -2.50. The number of nitrogens with zero attached hydrogens (tertiary/aromatic N) is 2. The van der Waals surface area contributed by atoms with Gasteiger partial charge in [-0.25, -0.2) is 0 Å². The zero-order valence-electron chi connectivity index (χ0n) is 19.7. The summed E-state index contributed by atoms with van der Waals surface area (Å²) in [5.74, 6) is 1.96. The first-order valence-corrected chi connectivity index (χ1v) is 12.7. The third-order valence-electron chi connectivity index (χ3n) is 7.25. The first kappa shape index (κ1) is 23.6. The zero-order valence-corrected chi connectivity index (χ0v) is 19.7. The number of carbonyl (C=O) groups is 3. The lowest BCUT2D eigenvalue weighted by Gasteiger charge is -2.35. The number of aryl methyl sites for hydroxylation is 1. The SMILES string of the molecule is O=C1CCc2cc(OCCCC(=O)N3CCN(C(=O)CCC4CCCCC4)CC3)ccc2N1. The molecule has 1 aliphatic carbocycles. The number of anilines is 1. The maximum atomic E-state index is 12.6. The quantitative estimate of drug-likeness (QED) is 0.606. The fraction of sp³-hybridized carbons (Fsp3) is 0.654. The molecule has 1 saturated heterocycles. The predicted octanol–water partition coefficient (Wildman–Crippen LogP) is 3.76. The lowest BCUT2D eigenvalue weighted by molar-refractivity contribution is -0.139. The van der Waals surface area contributed by atoms with Crippen LogP contribution < -0.4 is 10.1 Å². The number of piperazine rings is 1. The van der Waals surface area contributed by atoms with Crippen molar-refractivity contribution >= 4 is 23.4 Å². The molecule has 1 N–H and O–H groups in total. The molecule has 7 heteroatoms. The van der Waals surface area contributed by atoms with Gasteiger partial charge in [0.1, 0.15) is 5.75 Å². The van der Waals surface area contributed by atoms with Gasteiger partial charge in [-0.1, -0.05) is 32.1 Å². The lowest BCUT2D eigenvalue weighted by atomic mass is 9.86. The molecule has 2 fully saturated rings. The highest BCUT2D eigenvalue weighted by Gasteiger charge is 2.24. The number of hydrogen-bond donors (Lipinski definition) is 1. The van der Waals surface area contributed by atoms with Gasteiger partial charge in [0.05, 0.1) is 6.61 Å². The molecule has 0 unspecified atom stereocenters. The van der Waals surface area contributed by atoms with E-state index in [2.05, 4.69) is 5.32 Å². The Bertz CT molecular complexity index is 842. The Morgan fingerprint density at radius 2 is 1.64 bits per heavy atom. The number of hydrogen-bond acceptors (Lipinski definition) is 4. The predicted molar refractivity (Wildman–Crippen MR) is 127 cm³/mol. The second-order valence-electron chi connectivity index (χ2n) is 9.62. The normalized spacial score (nSPS) is 19.1. The van der Waals surface area contributed by atoms with Crippen LogP contribution >= 0.6 is 0 Å². The second-order valence-corrected chi connectivity index (χ2v) is 9.62. The number of rotatable bonds is 8. The molecular formula is C26H37N3O4. The molecule has 2 heterocycles. The van der Waals surface area contributed by atoms with E-state index in [1.54, 1.807) is 0 Å². The smallest absolute Gasteiger partial charge is 0.224 e. The molecule has 3 amide bonds. The number of nitrogens with one attached hydrogen (secondary N) is 1. The summed E-state index contributed by atoms with van der Waals surface area (Å²) >= 11 is 0. The molecule has 0 radical (unpaired) electrons. The molecular weight excluding hydrogens is 418 g/mol. The van der Waals surface area contributed by atoms with Crippen LogP contribution in [0.25, 0.3) is 0 Å². The summed E-state index contributed by atoms with van der Waals surface area (Å²) in [7, 11) is 0. The van der Waals surface area contributed by atoms with Crippen LogP contribution in [0.15, 0.2) is 18.2 Å². The van der Waals surface area contributed by atoms with Crippen LogP contribution in [0.5, 0.6) is 5.75 Å². The van der Waals surface area contributed by atoms with Gasteiger partial charge in [0.25, 0.3) is 0 Å². The average Bonchev–Trinajstić information content (AvgIpc) is 2.85. The molecule has 2 aliphatic heterocycles. The molecule has 1 aromatic rings. The van der Waals surface area contributed by atoms with Crippen molar-refractivity contribution in [1.29, 1.82) is 0 Å². The zero-order chi connectivity index (χ0) is 23.0. The minimum absolute atomic E-state index is 0.0549. The van der Waals surface area contributed by atoms with Crippen LogP contribution in [-0.4, -0.2) is 60.3 Å². The number of benzene rings is 1. The van der Waals surface area contributed by atoms with Crippen molar-refractivity contribution in [2.75, 3.05) is 38.1 Å². The van der Waals surface area contributed by atoms with Gasteiger partial charge < -0.3 is 19.9 Å². The van der Waals surface area contributed by atoms with Crippen LogP contribution in [0.3, 0.4) is 0 Å². The summed E-state index contributed by atoms with van der Waals surface area (Å²) in [5.41, 5.74) is 1.95. The molecule has 0 aromatic heterocycles. The molecule has 0 atom stereocenters. The van der Waals surface area contributed by atoms with Crippen molar-refractivity contribution < 1.29 is 19.1 Å². The molecule has 0 bridgehead atoms. The average molecular weight is 456 g/mol. The van der Waals surface area contributed by atoms with Gasteiger partial charge in [-0.3, -0.25) is 14.4 Å². The minimum atomic E-state index is 0.0549. The van der Waals surface area contributed by atoms with E-state index in [9.17, 15) is 14.4 Å². The van der Waals surface area contributed by atoms with Gasteiger partial charge >= 0.3 is 0 Å². The molecule has 1 saturated carbocycles. The molecule has 4 rings (SSSR count). The van der Waals surface area contributed by atoms with Crippen LogP contribution in [0.4, 0.5) is 5.69 Å². The third kappa shape index (κ3) is 6.71. The van der Waals surface area contributed by atoms with Crippen molar-refractivity contribution in [2.45, 2.75) is 70.6 Å². The van der Waals surface area contributed by atoms with Crippen molar-refractivity contribution in [3.05, 3.63) is 23.8 Å². The first-order valence-electron chi connectivity index (χ1n) is 12.7. The number of amides is 3. The summed E-state index contributed by atoms with van der Waals surface area (Å²) < 4.78 is 5.83. The maximum Gasteiger partial charge on any atom is 0.224 e. The fourth-order valence-corrected chi connectivity index (χ4v) is 5.19. The van der Waals surface area contributed by atoms with Crippen molar-refractivity contribution in [3.63, 3.8) is 0 Å². The Balaban J connectivity index is 1.11. The topological polar surface area (TPSA) is 79.0 Å². The summed E-state index contributed by atoms with van der Waals surface area (Å²) in [6.07, 6.45) is 10.6. The molecule has 3 aliphatic rings. The standard InChI is InChI=1S/C26H37N3O4/c30-24-12-9-21-19-22(10-11-23(21)27-24)33-18-4-7-25(31)28-14-16-29(17-15-28)26(32)13-8-20-5-2-1-3-6-20/h10-11,19-20H,1-9,12-18H2,(H,27,30). The van der Waals surface area contributed by atoms with Gasteiger partial charge in [0.2, 0.25) is 17.7 Å². The molecule has 7 nitrogen and oxygen atoms in total. The van der Waals surface area contributed by atoms with E-state index in [0.29, 0.717) is 58.5 Å². The Morgan fingerprint density at radius 3 is 2.36 bits per heavy atom. The van der Waals surface area contributed by atoms with Crippen LogP contribution in [0, 0.1) is 5.92 Å². The van der Waals surface area contributed by atoms with Gasteiger partial charge in [-0.2, -0.15) is 0 Å². The van der Waals surface area contributed by atoms with E-state index in [4.69, 9.17) is 4.74 Å². The Morgan fingerprint density at radius 1 is 0.939 bits per heavy atom.